The van der Waals surface area contributed by atoms with E-state index in [1.54, 1.807) is 0 Å². The molecule has 1 fully saturated rings. The van der Waals surface area contributed by atoms with Crippen molar-refractivity contribution in [3.8, 4) is 0 Å². The van der Waals surface area contributed by atoms with E-state index < -0.39 is 0 Å². The lowest BCUT2D eigenvalue weighted by atomic mass is 9.78. The summed E-state index contributed by atoms with van der Waals surface area (Å²) in [6.07, 6.45) is 3.62. The molecule has 1 aliphatic carbocycles. The lowest BCUT2D eigenvalue weighted by molar-refractivity contribution is 0.0947. The number of carbonyl (C=O) groups excluding carboxylic acids is 1. The molecule has 1 saturated carbocycles. The Labute approximate surface area is 158 Å². The van der Waals surface area contributed by atoms with Crippen molar-refractivity contribution in [1.29, 1.82) is 0 Å². The molecule has 25 heavy (non-hydrogen) atoms. The van der Waals surface area contributed by atoms with Crippen LogP contribution in [-0.4, -0.2) is 17.1 Å². The lowest BCUT2D eigenvalue weighted by Gasteiger charge is -2.35. The van der Waals surface area contributed by atoms with E-state index in [0.29, 0.717) is 23.0 Å². The summed E-state index contributed by atoms with van der Waals surface area (Å²) in [6.45, 7) is 6.54. The van der Waals surface area contributed by atoms with E-state index in [0.717, 1.165) is 26.9 Å². The molecule has 6 heteroatoms. The van der Waals surface area contributed by atoms with Crippen LogP contribution in [0.15, 0.2) is 24.3 Å². The predicted octanol–water partition coefficient (Wildman–Crippen LogP) is 4.14. The third kappa shape index (κ3) is 3.96. The van der Waals surface area contributed by atoms with Crippen LogP contribution in [0, 0.1) is 18.8 Å². The van der Waals surface area contributed by atoms with E-state index in [2.05, 4.69) is 30.0 Å². The number of carbonyl (C=O) groups is 1. The summed E-state index contributed by atoms with van der Waals surface area (Å²) in [6, 6.07) is 8.43. The molecule has 134 valence electrons. The summed E-state index contributed by atoms with van der Waals surface area (Å²) in [7, 11) is 0. The van der Waals surface area contributed by atoms with Crippen molar-refractivity contribution in [3.63, 3.8) is 0 Å². The van der Waals surface area contributed by atoms with E-state index in [9.17, 15) is 4.79 Å². The highest BCUT2D eigenvalue weighted by Crippen LogP contribution is 2.30. The van der Waals surface area contributed by atoms with Crippen molar-refractivity contribution < 1.29 is 4.79 Å². The third-order valence-electron chi connectivity index (χ3n) is 5.36. The standard InChI is InChI=1S/C19H25N3OS2/c1-11-7-6-9-15(12(11)2)20-19(24)22-21-18(23)17-13(3)14-8-4-5-10-16(14)25-17/h4-5,8,10-12,15H,6-7,9H2,1-3H3,(H,21,23)(H2,20,22,24)/t11-,12+,15-/m1/s1. The van der Waals surface area contributed by atoms with Gasteiger partial charge in [-0.15, -0.1) is 11.3 Å². The second-order valence-electron chi connectivity index (χ2n) is 6.98. The number of thiocarbonyl (C=S) groups is 1. The van der Waals surface area contributed by atoms with E-state index >= 15 is 0 Å². The van der Waals surface area contributed by atoms with Crippen LogP contribution >= 0.6 is 23.6 Å². The van der Waals surface area contributed by atoms with Gasteiger partial charge in [0.05, 0.1) is 4.88 Å². The summed E-state index contributed by atoms with van der Waals surface area (Å²) < 4.78 is 1.12. The maximum atomic E-state index is 12.5. The largest absolute Gasteiger partial charge is 0.358 e. The van der Waals surface area contributed by atoms with Gasteiger partial charge in [0.25, 0.3) is 5.91 Å². The number of hydrazine groups is 1. The van der Waals surface area contributed by atoms with Crippen LogP contribution in [0.3, 0.4) is 0 Å². The molecule has 1 aromatic carbocycles. The first-order valence-corrected chi connectivity index (χ1v) is 10.0. The van der Waals surface area contributed by atoms with Gasteiger partial charge in [0, 0.05) is 10.7 Å². The molecule has 1 amide bonds. The molecule has 3 rings (SSSR count). The molecular formula is C19H25N3OS2. The van der Waals surface area contributed by atoms with E-state index in [1.807, 2.05) is 31.2 Å². The summed E-state index contributed by atoms with van der Waals surface area (Å²) in [4.78, 5) is 13.2. The van der Waals surface area contributed by atoms with Gasteiger partial charge in [-0.3, -0.25) is 15.6 Å². The lowest BCUT2D eigenvalue weighted by Crippen LogP contribution is -2.52. The molecule has 0 unspecified atom stereocenters. The van der Waals surface area contributed by atoms with Crippen LogP contribution in [0.1, 0.15) is 48.3 Å². The number of hydrogen-bond acceptors (Lipinski definition) is 3. The quantitative estimate of drug-likeness (QED) is 0.545. The molecule has 0 aliphatic heterocycles. The topological polar surface area (TPSA) is 53.2 Å². The second kappa shape index (κ2) is 7.70. The van der Waals surface area contributed by atoms with Crippen molar-refractivity contribution in [3.05, 3.63) is 34.7 Å². The smallest absolute Gasteiger partial charge is 0.280 e. The van der Waals surface area contributed by atoms with Crippen LogP contribution in [-0.2, 0) is 0 Å². The van der Waals surface area contributed by atoms with Gasteiger partial charge < -0.3 is 5.32 Å². The maximum Gasteiger partial charge on any atom is 0.280 e. The number of amides is 1. The molecule has 4 nitrogen and oxygen atoms in total. The van der Waals surface area contributed by atoms with Crippen LogP contribution in [0.2, 0.25) is 0 Å². The number of rotatable bonds is 2. The van der Waals surface area contributed by atoms with Gasteiger partial charge >= 0.3 is 0 Å². The van der Waals surface area contributed by atoms with Gasteiger partial charge in [-0.2, -0.15) is 0 Å². The van der Waals surface area contributed by atoms with Gasteiger partial charge in [-0.05, 0) is 54.4 Å². The fourth-order valence-corrected chi connectivity index (χ4v) is 4.86. The van der Waals surface area contributed by atoms with Crippen molar-refractivity contribution in [2.45, 2.75) is 46.1 Å². The van der Waals surface area contributed by atoms with Crippen LogP contribution in [0.25, 0.3) is 10.1 Å². The first kappa shape index (κ1) is 18.1. The highest BCUT2D eigenvalue weighted by Gasteiger charge is 2.27. The molecule has 0 bridgehead atoms. The third-order valence-corrected chi connectivity index (χ3v) is 6.85. The van der Waals surface area contributed by atoms with Gasteiger partial charge in [-0.25, -0.2) is 0 Å². The number of aryl methyl sites for hydroxylation is 1. The summed E-state index contributed by atoms with van der Waals surface area (Å²) >= 11 is 6.86. The minimum Gasteiger partial charge on any atom is -0.358 e. The molecule has 0 saturated heterocycles. The average molecular weight is 376 g/mol. The Kier molecular flexibility index (Phi) is 5.59. The number of thiophene rings is 1. The average Bonchev–Trinajstić information content (AvgIpc) is 2.94. The summed E-state index contributed by atoms with van der Waals surface area (Å²) in [5, 5.41) is 4.97. The first-order valence-electron chi connectivity index (χ1n) is 8.82. The van der Waals surface area contributed by atoms with Crippen LogP contribution in [0.4, 0.5) is 0 Å². The molecular weight excluding hydrogens is 350 g/mol. The number of fused-ring (bicyclic) bond motifs is 1. The number of nitrogens with one attached hydrogen (secondary N) is 3. The monoisotopic (exact) mass is 375 g/mol. The molecule has 1 aromatic heterocycles. The van der Waals surface area contributed by atoms with Gasteiger partial charge in [0.1, 0.15) is 0 Å². The number of hydrogen-bond donors (Lipinski definition) is 3. The Morgan fingerprint density at radius 1 is 1.20 bits per heavy atom. The van der Waals surface area contributed by atoms with E-state index in [4.69, 9.17) is 12.2 Å². The van der Waals surface area contributed by atoms with Crippen molar-refractivity contribution in [2.75, 3.05) is 0 Å². The highest BCUT2D eigenvalue weighted by molar-refractivity contribution is 7.80. The highest BCUT2D eigenvalue weighted by atomic mass is 32.1. The molecule has 3 N–H and O–H groups in total. The van der Waals surface area contributed by atoms with Gasteiger partial charge in [0.2, 0.25) is 0 Å². The van der Waals surface area contributed by atoms with E-state index in [1.165, 1.54) is 24.2 Å². The Morgan fingerprint density at radius 2 is 1.96 bits per heavy atom. The maximum absolute atomic E-state index is 12.5. The normalized spacial score (nSPS) is 23.2. The van der Waals surface area contributed by atoms with Crippen LogP contribution in [0.5, 0.6) is 0 Å². The molecule has 1 heterocycles. The first-order chi connectivity index (χ1) is 12.0. The Morgan fingerprint density at radius 3 is 2.72 bits per heavy atom. The molecule has 3 atom stereocenters. The fraction of sp³-hybridized carbons (Fsp3) is 0.474. The van der Waals surface area contributed by atoms with Crippen LogP contribution < -0.4 is 16.2 Å². The fourth-order valence-electron chi connectivity index (χ4n) is 3.55. The van der Waals surface area contributed by atoms with Gasteiger partial charge in [0.15, 0.2) is 5.11 Å². The van der Waals surface area contributed by atoms with Crippen molar-refractivity contribution in [2.24, 2.45) is 11.8 Å². The minimum atomic E-state index is -0.145. The molecule has 0 spiro atoms. The summed E-state index contributed by atoms with van der Waals surface area (Å²) in [5.74, 6) is 1.13. The molecule has 0 radical (unpaired) electrons. The zero-order chi connectivity index (χ0) is 18.0. The minimum absolute atomic E-state index is 0.145. The second-order valence-corrected chi connectivity index (χ2v) is 8.44. The molecule has 1 aliphatic rings. The van der Waals surface area contributed by atoms with Crippen molar-refractivity contribution >= 4 is 44.7 Å². The predicted molar refractivity (Wildman–Crippen MR) is 109 cm³/mol. The summed E-state index contributed by atoms with van der Waals surface area (Å²) in [5.41, 5.74) is 6.60. The number of benzene rings is 1. The zero-order valence-electron chi connectivity index (χ0n) is 14.9. The van der Waals surface area contributed by atoms with Gasteiger partial charge in [-0.1, -0.05) is 44.9 Å². The Hall–Kier alpha value is -1.66. The van der Waals surface area contributed by atoms with Crippen molar-refractivity contribution in [1.82, 2.24) is 16.2 Å². The Bertz CT molecular complexity index is 786. The SMILES string of the molecule is Cc1c(C(=O)NNC(=S)N[C@@H]2CCC[C@@H](C)[C@@H]2C)sc2ccccc12. The Balaban J connectivity index is 1.58. The molecule has 2 aromatic rings. The zero-order valence-corrected chi connectivity index (χ0v) is 16.5. The van der Waals surface area contributed by atoms with E-state index in [-0.39, 0.29) is 5.91 Å².